The summed E-state index contributed by atoms with van der Waals surface area (Å²) < 4.78 is 1.40. The zero-order valence-corrected chi connectivity index (χ0v) is 9.09. The fourth-order valence-electron chi connectivity index (χ4n) is 1.61. The Kier molecular flexibility index (Phi) is 2.76. The molecule has 2 N–H and O–H groups in total. The molecule has 0 aromatic carbocycles. The first-order valence-electron chi connectivity index (χ1n) is 4.57. The van der Waals surface area contributed by atoms with Crippen LogP contribution in [0.4, 0.5) is 0 Å². The predicted octanol–water partition coefficient (Wildman–Crippen LogP) is 0.765. The highest BCUT2D eigenvalue weighted by Crippen LogP contribution is 2.28. The van der Waals surface area contributed by atoms with Gasteiger partial charge in [0.2, 0.25) is 0 Å². The van der Waals surface area contributed by atoms with Gasteiger partial charge >= 0.3 is 5.97 Å². The number of aliphatic carboxylic acids is 1. The van der Waals surface area contributed by atoms with E-state index in [-0.39, 0.29) is 0 Å². The Bertz CT molecular complexity index is 430. The van der Waals surface area contributed by atoms with Crippen molar-refractivity contribution in [3.63, 3.8) is 0 Å². The normalized spacial score (nSPS) is 14.6. The summed E-state index contributed by atoms with van der Waals surface area (Å²) in [6.45, 7) is -0.518. The zero-order chi connectivity index (χ0) is 11.6. The number of aliphatic hydroxyl groups excluding tert-OH is 1. The van der Waals surface area contributed by atoms with Crippen LogP contribution in [0.3, 0.4) is 0 Å². The lowest BCUT2D eigenvalue weighted by molar-refractivity contribution is -0.147. The van der Waals surface area contributed by atoms with Gasteiger partial charge in [-0.3, -0.25) is 0 Å². The molecule has 6 heteroatoms. The Morgan fingerprint density at radius 1 is 1.62 bits per heavy atom. The van der Waals surface area contributed by atoms with E-state index >= 15 is 0 Å². The number of nitrogens with zero attached hydrogens (tertiary/aromatic N) is 2. The maximum Gasteiger partial charge on any atom is 0.337 e. The first-order valence-corrected chi connectivity index (χ1v) is 5.51. The average molecular weight is 238 g/mol. The molecule has 0 aliphatic rings. The number of imidazole rings is 1. The molecule has 5 nitrogen and oxygen atoms in total. The van der Waals surface area contributed by atoms with Crippen LogP contribution >= 0.6 is 11.3 Å². The molecule has 0 saturated carbocycles. The minimum absolute atomic E-state index is 0.518. The second-order valence-corrected chi connectivity index (χ2v) is 4.09. The van der Waals surface area contributed by atoms with Crippen LogP contribution in [0.1, 0.15) is 5.56 Å². The summed E-state index contributed by atoms with van der Waals surface area (Å²) in [6.07, 6.45) is 4.41. The van der Waals surface area contributed by atoms with Crippen LogP contribution in [-0.4, -0.2) is 32.3 Å². The Balaban J connectivity index is 2.61. The lowest BCUT2D eigenvalue weighted by Crippen LogP contribution is -2.45. The summed E-state index contributed by atoms with van der Waals surface area (Å²) >= 11 is 1.39. The molecular weight excluding hydrogens is 228 g/mol. The molecule has 16 heavy (non-hydrogen) atoms. The topological polar surface area (TPSA) is 75.3 Å². The van der Waals surface area contributed by atoms with Crippen LogP contribution in [0.15, 0.2) is 35.5 Å². The molecule has 84 valence electrons. The van der Waals surface area contributed by atoms with Gasteiger partial charge in [-0.25, -0.2) is 9.78 Å². The Hall–Kier alpha value is -1.66. The molecular formula is C10H10N2O3S. The third-order valence-corrected chi connectivity index (χ3v) is 3.21. The molecule has 0 aliphatic heterocycles. The molecule has 0 radical (unpaired) electrons. The van der Waals surface area contributed by atoms with Crippen molar-refractivity contribution in [1.29, 1.82) is 0 Å². The van der Waals surface area contributed by atoms with E-state index in [1.165, 1.54) is 34.6 Å². The van der Waals surface area contributed by atoms with Gasteiger partial charge in [0.15, 0.2) is 5.54 Å². The number of carbonyl (C=O) groups is 1. The minimum Gasteiger partial charge on any atom is -0.479 e. The van der Waals surface area contributed by atoms with Gasteiger partial charge < -0.3 is 14.8 Å². The summed E-state index contributed by atoms with van der Waals surface area (Å²) in [6, 6.07) is 1.69. The molecule has 0 fully saturated rings. The van der Waals surface area contributed by atoms with Crippen LogP contribution in [0, 0.1) is 0 Å². The molecule has 0 bridgehead atoms. The van der Waals surface area contributed by atoms with Crippen molar-refractivity contribution < 1.29 is 15.0 Å². The Labute approximate surface area is 95.6 Å². The first kappa shape index (κ1) is 10.8. The second-order valence-electron chi connectivity index (χ2n) is 3.31. The lowest BCUT2D eigenvalue weighted by Gasteiger charge is -2.27. The van der Waals surface area contributed by atoms with Crippen LogP contribution in [0.5, 0.6) is 0 Å². The Morgan fingerprint density at radius 2 is 2.44 bits per heavy atom. The minimum atomic E-state index is -1.48. The van der Waals surface area contributed by atoms with E-state index in [1.807, 2.05) is 0 Å². The number of carboxylic acid groups (broad SMARTS) is 1. The van der Waals surface area contributed by atoms with Crippen LogP contribution in [0.2, 0.25) is 0 Å². The highest BCUT2D eigenvalue weighted by molar-refractivity contribution is 7.08. The fraction of sp³-hybridized carbons (Fsp3) is 0.200. The van der Waals surface area contributed by atoms with Crippen LogP contribution in [0.25, 0.3) is 0 Å². The van der Waals surface area contributed by atoms with Crippen molar-refractivity contribution in [2.45, 2.75) is 5.54 Å². The van der Waals surface area contributed by atoms with E-state index in [0.29, 0.717) is 5.56 Å². The molecule has 0 saturated heterocycles. The van der Waals surface area contributed by atoms with Gasteiger partial charge in [0.05, 0.1) is 12.9 Å². The number of thiophene rings is 1. The van der Waals surface area contributed by atoms with E-state index in [4.69, 9.17) is 0 Å². The molecule has 0 spiro atoms. The van der Waals surface area contributed by atoms with Crippen molar-refractivity contribution in [2.24, 2.45) is 0 Å². The predicted molar refractivity (Wildman–Crippen MR) is 58.3 cm³/mol. The van der Waals surface area contributed by atoms with E-state index in [0.717, 1.165) is 0 Å². The third kappa shape index (κ3) is 1.43. The number of rotatable bonds is 4. The molecule has 0 amide bonds. The van der Waals surface area contributed by atoms with Crippen molar-refractivity contribution in [1.82, 2.24) is 9.55 Å². The summed E-state index contributed by atoms with van der Waals surface area (Å²) in [5, 5.41) is 22.3. The number of hydrogen-bond acceptors (Lipinski definition) is 4. The van der Waals surface area contributed by atoms with Gasteiger partial charge in [-0.05, 0) is 16.8 Å². The third-order valence-electron chi connectivity index (χ3n) is 2.53. The summed E-state index contributed by atoms with van der Waals surface area (Å²) in [7, 11) is 0. The number of carboxylic acids is 1. The molecule has 2 aromatic heterocycles. The smallest absolute Gasteiger partial charge is 0.337 e. The SMILES string of the molecule is O=C(O)C(CO)(c1ccsc1)n1ccnc1. The largest absolute Gasteiger partial charge is 0.479 e. The zero-order valence-electron chi connectivity index (χ0n) is 8.28. The summed E-state index contributed by atoms with van der Waals surface area (Å²) in [5.74, 6) is -1.11. The number of aromatic nitrogens is 2. The monoisotopic (exact) mass is 238 g/mol. The highest BCUT2D eigenvalue weighted by Gasteiger charge is 2.42. The van der Waals surface area contributed by atoms with Crippen molar-refractivity contribution in [2.75, 3.05) is 6.61 Å². The van der Waals surface area contributed by atoms with Crippen LogP contribution < -0.4 is 0 Å². The molecule has 1 atom stereocenters. The quantitative estimate of drug-likeness (QED) is 0.824. The van der Waals surface area contributed by atoms with Gasteiger partial charge in [-0.15, -0.1) is 0 Å². The summed E-state index contributed by atoms with van der Waals surface area (Å²) in [5.41, 5.74) is -0.929. The number of hydrogen-bond donors (Lipinski definition) is 2. The highest BCUT2D eigenvalue weighted by atomic mass is 32.1. The summed E-state index contributed by atoms with van der Waals surface area (Å²) in [4.78, 5) is 15.3. The van der Waals surface area contributed by atoms with E-state index in [2.05, 4.69) is 4.98 Å². The van der Waals surface area contributed by atoms with Crippen LogP contribution in [-0.2, 0) is 10.3 Å². The molecule has 2 heterocycles. The lowest BCUT2D eigenvalue weighted by atomic mass is 9.93. The number of aliphatic hydroxyl groups is 1. The average Bonchev–Trinajstić information content (AvgIpc) is 2.89. The maximum atomic E-state index is 11.4. The fourth-order valence-corrected chi connectivity index (χ4v) is 2.33. The van der Waals surface area contributed by atoms with Gasteiger partial charge in [-0.1, -0.05) is 0 Å². The second kappa shape index (κ2) is 4.07. The molecule has 0 aliphatic carbocycles. The van der Waals surface area contributed by atoms with Crippen molar-refractivity contribution in [3.05, 3.63) is 41.1 Å². The Morgan fingerprint density at radius 3 is 2.88 bits per heavy atom. The standard InChI is InChI=1S/C10H10N2O3S/c13-6-10(9(14)15,8-1-4-16-5-8)12-3-2-11-7-12/h1-5,7,13H,6H2,(H,14,15). The molecule has 2 rings (SSSR count). The van der Waals surface area contributed by atoms with Gasteiger partial charge in [-0.2, -0.15) is 11.3 Å². The van der Waals surface area contributed by atoms with Crippen molar-refractivity contribution >= 4 is 17.3 Å². The van der Waals surface area contributed by atoms with E-state index in [9.17, 15) is 15.0 Å². The van der Waals surface area contributed by atoms with E-state index in [1.54, 1.807) is 16.8 Å². The van der Waals surface area contributed by atoms with E-state index < -0.39 is 18.1 Å². The molecule has 2 aromatic rings. The van der Waals surface area contributed by atoms with Crippen molar-refractivity contribution in [3.8, 4) is 0 Å². The first-order chi connectivity index (χ1) is 7.71. The van der Waals surface area contributed by atoms with Gasteiger partial charge in [0.1, 0.15) is 0 Å². The molecule has 1 unspecified atom stereocenters. The van der Waals surface area contributed by atoms with Gasteiger partial charge in [0.25, 0.3) is 0 Å². The van der Waals surface area contributed by atoms with Gasteiger partial charge in [0, 0.05) is 18.0 Å². The maximum absolute atomic E-state index is 11.4.